The minimum Gasteiger partial charge on any atom is -0.756 e. The highest BCUT2D eigenvalue weighted by Gasteiger charge is 2.39. The summed E-state index contributed by atoms with van der Waals surface area (Å²) in [4.78, 5) is 103. The number of phosphoric acid groups is 1. The van der Waals surface area contributed by atoms with E-state index in [0.717, 1.165) is 21.2 Å². The van der Waals surface area contributed by atoms with Crippen LogP contribution in [-0.2, 0) is 32.7 Å². The van der Waals surface area contributed by atoms with Crippen LogP contribution in [-0.4, -0.2) is 96.4 Å². The molecule has 2 aromatic carbocycles. The first kappa shape index (κ1) is 46.6. The van der Waals surface area contributed by atoms with Gasteiger partial charge in [0, 0.05) is 77.7 Å². The van der Waals surface area contributed by atoms with Crippen molar-refractivity contribution in [2.75, 3.05) is 30.8 Å². The molecule has 0 spiro atoms. The molecule has 334 valence electrons. The molecule has 2 unspecified atom stereocenters. The van der Waals surface area contributed by atoms with Crippen LogP contribution in [0.5, 0.6) is 5.75 Å². The Kier molecular flexibility index (Phi) is 14.2. The first-order chi connectivity index (χ1) is 29.5. The van der Waals surface area contributed by atoms with Crippen LogP contribution in [0.2, 0.25) is 0 Å². The van der Waals surface area contributed by atoms with E-state index in [1.165, 1.54) is 61.7 Å². The second-order valence-corrected chi connectivity index (χ2v) is 17.2. The molecule has 20 nitrogen and oxygen atoms in total. The number of phenols is 1. The molecule has 3 aliphatic heterocycles. The quantitative estimate of drug-likeness (QED) is 0.0411. The van der Waals surface area contributed by atoms with Gasteiger partial charge < -0.3 is 43.7 Å². The van der Waals surface area contributed by atoms with Gasteiger partial charge in [-0.15, -0.1) is 11.8 Å². The van der Waals surface area contributed by atoms with Crippen molar-refractivity contribution in [3.05, 3.63) is 103 Å². The number of phosphoric ester groups is 1. The largest absolute Gasteiger partial charge is 0.756 e. The van der Waals surface area contributed by atoms with Crippen LogP contribution in [0.4, 0.5) is 5.69 Å². The zero-order valence-electron chi connectivity index (χ0n) is 32.6. The molecule has 0 saturated carbocycles. The van der Waals surface area contributed by atoms with Gasteiger partial charge in [-0.05, 0) is 55.3 Å². The number of aryl methyl sites for hydroxylation is 1. The first-order valence-electron chi connectivity index (χ1n) is 19.1. The maximum absolute atomic E-state index is 13.0. The number of hydrogen-bond acceptors (Lipinski definition) is 16. The van der Waals surface area contributed by atoms with Crippen molar-refractivity contribution in [1.29, 1.82) is 0 Å². The Bertz CT molecular complexity index is 2790. The van der Waals surface area contributed by atoms with Gasteiger partial charge in [0.2, 0.25) is 17.7 Å². The number of aromatic amines is 1. The molecule has 22 heteroatoms. The number of imide groups is 1. The standard InChI is InChI=1S/C40H39N4O16PS.CH4/c1-20-18-44(40(54)42-37(20)50)35-16-28(47)31(60-35)19-58-61(55,56)57-11-12-62-32-17-34(49)43(38(32)51)10-2-3-33(48)41-21-4-7-24(27(13-21)39(52)53)36-25-8-5-22(45)14-29(25)59-30-15-23(46)6-9-26(30)36;/h4-9,13-15,18,28,31-32,35,45,47H,2-3,10-12,16-17,19H2,1H3,(H,41,48)(H,52,53)(H,55,56)(H,42,50,54);1H4/p-1/t28-,31-,32?,35-;/m1./s1. The van der Waals surface area contributed by atoms with Gasteiger partial charge in [0.1, 0.15) is 29.4 Å². The lowest BCUT2D eigenvalue weighted by molar-refractivity contribution is -0.228. The minimum atomic E-state index is -4.90. The molecule has 63 heavy (non-hydrogen) atoms. The van der Waals surface area contributed by atoms with Crippen LogP contribution < -0.4 is 26.9 Å². The fourth-order valence-corrected chi connectivity index (χ4v) is 9.02. The van der Waals surface area contributed by atoms with Gasteiger partial charge in [-0.25, -0.2) is 9.59 Å². The van der Waals surface area contributed by atoms with Crippen LogP contribution >= 0.6 is 19.6 Å². The Hall–Kier alpha value is -5.93. The molecular formula is C41H42N4O16PS-. The van der Waals surface area contributed by atoms with E-state index in [9.17, 15) is 58.3 Å². The number of nitrogens with one attached hydrogen (secondary N) is 2. The molecule has 3 aromatic rings. The summed E-state index contributed by atoms with van der Waals surface area (Å²) in [5.41, 5.74) is -0.0978. The van der Waals surface area contributed by atoms with Crippen LogP contribution in [0.3, 0.4) is 0 Å². The maximum Gasteiger partial charge on any atom is 0.336 e. The van der Waals surface area contributed by atoms with Crippen LogP contribution in [0.25, 0.3) is 33.4 Å². The second-order valence-electron chi connectivity index (χ2n) is 14.5. The van der Waals surface area contributed by atoms with E-state index in [2.05, 4.69) is 10.3 Å². The molecule has 1 aromatic heterocycles. The lowest BCUT2D eigenvalue weighted by Crippen LogP contribution is -2.33. The number of carboxylic acid groups (broad SMARTS) is 1. The fourth-order valence-electron chi connectivity index (χ4n) is 7.18. The Balaban J connectivity index is 0.00000661. The van der Waals surface area contributed by atoms with Crippen molar-refractivity contribution >= 4 is 59.9 Å². The van der Waals surface area contributed by atoms with Crippen molar-refractivity contribution in [2.24, 2.45) is 0 Å². The number of anilines is 1. The monoisotopic (exact) mass is 909 g/mol. The average molecular weight is 910 g/mol. The average Bonchev–Trinajstić information content (AvgIpc) is 3.72. The number of benzene rings is 3. The van der Waals surface area contributed by atoms with E-state index in [1.807, 2.05) is 0 Å². The van der Waals surface area contributed by atoms with Crippen LogP contribution in [0.15, 0.2) is 79.6 Å². The molecule has 2 fully saturated rings. The summed E-state index contributed by atoms with van der Waals surface area (Å²) in [5, 5.41) is 32.9. The third kappa shape index (κ3) is 10.5. The molecular weight excluding hydrogens is 868 g/mol. The minimum absolute atomic E-state index is 0. The zero-order chi connectivity index (χ0) is 44.5. The number of rotatable bonds is 16. The van der Waals surface area contributed by atoms with Gasteiger partial charge in [0.15, 0.2) is 5.43 Å². The number of aromatic carboxylic acids is 1. The van der Waals surface area contributed by atoms with Gasteiger partial charge in [-0.2, -0.15) is 0 Å². The lowest BCUT2D eigenvalue weighted by atomic mass is 9.90. The summed E-state index contributed by atoms with van der Waals surface area (Å²) in [7, 11) is -4.90. The third-order valence-corrected chi connectivity index (χ3v) is 12.3. The van der Waals surface area contributed by atoms with E-state index in [4.69, 9.17) is 18.2 Å². The number of thioether (sulfide) groups is 1. The molecule has 0 radical (unpaired) electrons. The highest BCUT2D eigenvalue weighted by Crippen LogP contribution is 2.43. The third-order valence-electron chi connectivity index (χ3n) is 10.2. The number of ether oxygens (including phenoxy) is 1. The smallest absolute Gasteiger partial charge is 0.336 e. The normalized spacial score (nSPS) is 19.6. The number of amides is 3. The Morgan fingerprint density at radius 2 is 1.81 bits per heavy atom. The van der Waals surface area contributed by atoms with Gasteiger partial charge >= 0.3 is 11.7 Å². The number of fused-ring (bicyclic) bond motifs is 2. The van der Waals surface area contributed by atoms with Crippen molar-refractivity contribution in [2.45, 2.75) is 63.7 Å². The van der Waals surface area contributed by atoms with E-state index in [1.54, 1.807) is 6.07 Å². The number of aromatic hydroxyl groups is 1. The summed E-state index contributed by atoms with van der Waals surface area (Å²) in [5.74, 6) is -2.74. The number of H-pyrrole nitrogens is 1. The Morgan fingerprint density at radius 1 is 1.05 bits per heavy atom. The molecule has 5 N–H and O–H groups in total. The fraction of sp³-hybridized carbons (Fsp3) is 0.341. The topological polar surface area (TPSA) is 297 Å². The number of aromatic nitrogens is 2. The van der Waals surface area contributed by atoms with Crippen LogP contribution in [0.1, 0.15) is 55.3 Å². The molecule has 5 atom stereocenters. The van der Waals surface area contributed by atoms with Crippen molar-refractivity contribution < 1.29 is 62.2 Å². The Morgan fingerprint density at radius 3 is 2.57 bits per heavy atom. The molecule has 0 bridgehead atoms. The SMILES string of the molecule is C.Cc1cn([C@H]2C[C@@H](O)[C@@H](COP(=O)([O-])OCCSC3CC(=O)N(CCCC(=O)Nc4ccc(-c5c6ccc(=O)cc-6oc6cc(O)ccc56)c(C(=O)O)c4)C3=O)O2)c(=O)[nH]c1=O. The molecule has 4 heterocycles. The number of likely N-dealkylation sites (tertiary alicyclic amines) is 1. The van der Waals surface area contributed by atoms with Crippen molar-refractivity contribution in [3.8, 4) is 28.2 Å². The number of nitrogens with zero attached hydrogens (tertiary/aromatic N) is 2. The highest BCUT2D eigenvalue weighted by atomic mass is 32.2. The molecule has 1 aliphatic carbocycles. The van der Waals surface area contributed by atoms with Gasteiger partial charge in [-0.3, -0.25) is 43.0 Å². The second kappa shape index (κ2) is 19.2. The van der Waals surface area contributed by atoms with Crippen LogP contribution in [0, 0.1) is 6.92 Å². The predicted octanol–water partition coefficient (Wildman–Crippen LogP) is 3.19. The molecule has 4 aliphatic rings. The number of aliphatic hydroxyl groups excluding tert-OH is 1. The van der Waals surface area contributed by atoms with Gasteiger partial charge in [0.25, 0.3) is 13.4 Å². The summed E-state index contributed by atoms with van der Waals surface area (Å²) in [6.07, 6.45) is -2.31. The predicted molar refractivity (Wildman–Crippen MR) is 225 cm³/mol. The van der Waals surface area contributed by atoms with E-state index in [0.29, 0.717) is 16.5 Å². The molecule has 7 rings (SSSR count). The van der Waals surface area contributed by atoms with Crippen molar-refractivity contribution in [1.82, 2.24) is 14.5 Å². The number of carboxylic acids is 1. The summed E-state index contributed by atoms with van der Waals surface area (Å²) >= 11 is 1.000. The number of phenolic OH excluding ortho intramolecular Hbond substituents is 1. The number of carbonyl (C=O) groups excluding carboxylic acids is 3. The van der Waals surface area contributed by atoms with Gasteiger partial charge in [-0.1, -0.05) is 13.5 Å². The van der Waals surface area contributed by atoms with E-state index < -0.39 is 79.7 Å². The number of carbonyl (C=O) groups is 4. The van der Waals surface area contributed by atoms with E-state index in [-0.39, 0.29) is 90.3 Å². The highest BCUT2D eigenvalue weighted by molar-refractivity contribution is 8.00. The molecule has 3 amide bonds. The molecule has 2 saturated heterocycles. The lowest BCUT2D eigenvalue weighted by Gasteiger charge is -2.25. The zero-order valence-corrected chi connectivity index (χ0v) is 34.3. The summed E-state index contributed by atoms with van der Waals surface area (Å²) in [6.45, 7) is 0.374. The summed E-state index contributed by atoms with van der Waals surface area (Å²) in [6, 6.07) is 12.7. The maximum atomic E-state index is 13.0. The first-order valence-corrected chi connectivity index (χ1v) is 21.6. The van der Waals surface area contributed by atoms with Crippen molar-refractivity contribution in [3.63, 3.8) is 0 Å². The van der Waals surface area contributed by atoms with Gasteiger partial charge in [0.05, 0.1) is 30.1 Å². The summed E-state index contributed by atoms with van der Waals surface area (Å²) < 4.78 is 34.7. The Labute approximate surface area is 361 Å². The number of hydrogen-bond donors (Lipinski definition) is 5. The number of aliphatic hydroxyl groups is 1. The van der Waals surface area contributed by atoms with E-state index >= 15 is 0 Å².